The molecule has 3 nitrogen and oxygen atoms in total. The van der Waals surface area contributed by atoms with Gasteiger partial charge in [0.25, 0.3) is 0 Å². The first-order valence-corrected chi connectivity index (χ1v) is 9.33. The Bertz CT molecular complexity index is 801. The number of aromatic nitrogens is 1. The highest BCUT2D eigenvalue weighted by Gasteiger charge is 2.40. The Labute approximate surface area is 145 Å². The number of benzene rings is 1. The summed E-state index contributed by atoms with van der Waals surface area (Å²) in [6, 6.07) is 7.49. The summed E-state index contributed by atoms with van der Waals surface area (Å²) in [6.45, 7) is 6.59. The summed E-state index contributed by atoms with van der Waals surface area (Å²) in [4.78, 5) is 6.19. The molecule has 23 heavy (non-hydrogen) atoms. The molecule has 0 bridgehead atoms. The van der Waals surface area contributed by atoms with Gasteiger partial charge in [-0.05, 0) is 55.5 Å². The van der Waals surface area contributed by atoms with Crippen LogP contribution in [0.15, 0.2) is 16.6 Å². The van der Waals surface area contributed by atoms with E-state index in [-0.39, 0.29) is 0 Å². The fourth-order valence-corrected chi connectivity index (χ4v) is 5.32. The van der Waals surface area contributed by atoms with E-state index in [0.29, 0.717) is 24.3 Å². The van der Waals surface area contributed by atoms with E-state index in [1.165, 1.54) is 27.7 Å². The Morgan fingerprint density at radius 3 is 3.00 bits per heavy atom. The highest BCUT2D eigenvalue weighted by Crippen LogP contribution is 2.47. The second kappa shape index (κ2) is 5.65. The summed E-state index contributed by atoms with van der Waals surface area (Å²) in [5, 5.41) is 10.6. The van der Waals surface area contributed by atoms with Gasteiger partial charge in [-0.3, -0.25) is 4.90 Å². The third kappa shape index (κ3) is 2.33. The van der Waals surface area contributed by atoms with Crippen LogP contribution in [0.5, 0.6) is 0 Å². The van der Waals surface area contributed by atoms with E-state index in [1.54, 1.807) is 0 Å². The van der Waals surface area contributed by atoms with Crippen molar-refractivity contribution in [3.8, 4) is 6.07 Å². The molecule has 2 heterocycles. The molecule has 1 aliphatic heterocycles. The van der Waals surface area contributed by atoms with Crippen LogP contribution in [0.3, 0.4) is 0 Å². The quantitative estimate of drug-likeness (QED) is 0.843. The van der Waals surface area contributed by atoms with Gasteiger partial charge in [0.2, 0.25) is 0 Å². The van der Waals surface area contributed by atoms with Gasteiger partial charge in [0, 0.05) is 46.0 Å². The van der Waals surface area contributed by atoms with Gasteiger partial charge in [-0.25, -0.2) is 0 Å². The number of aromatic amines is 1. The predicted molar refractivity (Wildman–Crippen MR) is 96.6 cm³/mol. The molecule has 1 fully saturated rings. The maximum Gasteiger partial charge on any atom is 0.0625 e. The van der Waals surface area contributed by atoms with Gasteiger partial charge in [-0.1, -0.05) is 22.9 Å². The molecule has 1 aromatic heterocycles. The summed E-state index contributed by atoms with van der Waals surface area (Å²) in [5.41, 5.74) is 5.55. The van der Waals surface area contributed by atoms with Crippen LogP contribution in [0.25, 0.3) is 10.9 Å². The van der Waals surface area contributed by atoms with Crippen molar-refractivity contribution in [3.05, 3.63) is 33.4 Å². The predicted octanol–water partition coefficient (Wildman–Crippen LogP) is 4.50. The molecule has 4 heteroatoms. The molecule has 0 saturated carbocycles. The van der Waals surface area contributed by atoms with E-state index in [9.17, 15) is 0 Å². The second-order valence-corrected chi connectivity index (χ2v) is 7.99. The van der Waals surface area contributed by atoms with Crippen molar-refractivity contribution in [2.45, 2.75) is 45.1 Å². The zero-order chi connectivity index (χ0) is 16.1. The minimum absolute atomic E-state index is 0.497. The summed E-state index contributed by atoms with van der Waals surface area (Å²) >= 11 is 3.69. The lowest BCUT2D eigenvalue weighted by Gasteiger charge is -2.46. The molecule has 4 rings (SSSR count). The largest absolute Gasteiger partial charge is 0.358 e. The van der Waals surface area contributed by atoms with E-state index >= 15 is 0 Å². The smallest absolute Gasteiger partial charge is 0.0625 e. The molecule has 0 spiro atoms. The summed E-state index contributed by atoms with van der Waals surface area (Å²) in [6.07, 6.45) is 2.96. The third-order valence-corrected chi connectivity index (χ3v) is 6.28. The van der Waals surface area contributed by atoms with Crippen LogP contribution in [0, 0.1) is 24.2 Å². The lowest BCUT2D eigenvalue weighted by atomic mass is 9.71. The summed E-state index contributed by atoms with van der Waals surface area (Å²) in [7, 11) is 0. The topological polar surface area (TPSA) is 42.8 Å². The third-order valence-electron chi connectivity index (χ3n) is 5.82. The fourth-order valence-electron chi connectivity index (χ4n) is 4.84. The van der Waals surface area contributed by atoms with Gasteiger partial charge in [0.05, 0.1) is 6.07 Å². The van der Waals surface area contributed by atoms with Crippen LogP contribution in [0.1, 0.15) is 42.5 Å². The number of likely N-dealkylation sites (N-methyl/N-ethyl adjacent to an activating group) is 1. The number of nitriles is 1. The van der Waals surface area contributed by atoms with Crippen molar-refractivity contribution in [1.29, 1.82) is 5.26 Å². The highest BCUT2D eigenvalue weighted by atomic mass is 79.9. The zero-order valence-electron chi connectivity index (χ0n) is 13.7. The van der Waals surface area contributed by atoms with E-state index in [1.807, 2.05) is 0 Å². The number of aryl methyl sites for hydroxylation is 1. The van der Waals surface area contributed by atoms with Crippen LogP contribution in [0.4, 0.5) is 0 Å². The van der Waals surface area contributed by atoms with Gasteiger partial charge < -0.3 is 4.98 Å². The fraction of sp³-hybridized carbons (Fsp3) is 0.526. The van der Waals surface area contributed by atoms with Gasteiger partial charge in [-0.2, -0.15) is 5.26 Å². The number of rotatable bonds is 2. The number of likely N-dealkylation sites (tertiary alicyclic amines) is 1. The summed E-state index contributed by atoms with van der Waals surface area (Å²) in [5.74, 6) is 1.04. The lowest BCUT2D eigenvalue weighted by molar-refractivity contribution is 0.0916. The summed E-state index contributed by atoms with van der Waals surface area (Å²) < 4.78 is 1.15. The molecule has 0 radical (unpaired) electrons. The molecule has 1 aliphatic carbocycles. The molecule has 120 valence electrons. The van der Waals surface area contributed by atoms with Crippen LogP contribution in [-0.2, 0) is 6.42 Å². The van der Waals surface area contributed by atoms with Crippen LogP contribution >= 0.6 is 15.9 Å². The Morgan fingerprint density at radius 1 is 1.43 bits per heavy atom. The van der Waals surface area contributed by atoms with E-state index in [0.717, 1.165) is 30.4 Å². The molecule has 1 aromatic carbocycles. The van der Waals surface area contributed by atoms with Crippen molar-refractivity contribution in [2.75, 3.05) is 13.1 Å². The van der Waals surface area contributed by atoms with Crippen molar-refractivity contribution < 1.29 is 0 Å². The number of hydrogen-bond acceptors (Lipinski definition) is 2. The molecule has 1 saturated heterocycles. The van der Waals surface area contributed by atoms with Gasteiger partial charge in [-0.15, -0.1) is 0 Å². The zero-order valence-corrected chi connectivity index (χ0v) is 15.3. The standard InChI is InChI=1S/C19H22BrN3/c1-3-23-10-12(4-5-21)6-15-16-7-13(20)8-17-19(16)14(9-18(15)23)11(2)22-17/h7-8,12,15,18,22H,3-4,6,9-10H2,1-2H3/t12-,15?,18-/m1/s1. The molecule has 2 aliphatic rings. The molecule has 0 amide bonds. The SMILES string of the molecule is CCN1C[C@H](CC#N)CC2c3cc(Br)cc4[nH]c(C)c(c34)C[C@H]21. The van der Waals surface area contributed by atoms with Gasteiger partial charge in [0.15, 0.2) is 0 Å². The number of piperidine rings is 1. The number of halogens is 1. The monoisotopic (exact) mass is 371 g/mol. The van der Waals surface area contributed by atoms with Crippen LogP contribution in [0.2, 0.25) is 0 Å². The first-order chi connectivity index (χ1) is 11.1. The van der Waals surface area contributed by atoms with Gasteiger partial charge >= 0.3 is 0 Å². The molecule has 3 atom stereocenters. The van der Waals surface area contributed by atoms with Crippen molar-refractivity contribution in [2.24, 2.45) is 5.92 Å². The molecular formula is C19H22BrN3. The Morgan fingerprint density at radius 2 is 2.26 bits per heavy atom. The minimum Gasteiger partial charge on any atom is -0.358 e. The van der Waals surface area contributed by atoms with E-state index in [2.05, 4.69) is 57.9 Å². The number of nitrogens with zero attached hydrogens (tertiary/aromatic N) is 2. The second-order valence-electron chi connectivity index (χ2n) is 7.08. The first-order valence-electron chi connectivity index (χ1n) is 8.54. The van der Waals surface area contributed by atoms with Crippen molar-refractivity contribution >= 4 is 26.8 Å². The Balaban J connectivity index is 1.87. The lowest BCUT2D eigenvalue weighted by Crippen LogP contribution is -2.49. The van der Waals surface area contributed by atoms with Crippen LogP contribution < -0.4 is 0 Å². The van der Waals surface area contributed by atoms with Crippen LogP contribution in [-0.4, -0.2) is 29.0 Å². The number of nitrogens with one attached hydrogen (secondary N) is 1. The Kier molecular flexibility index (Phi) is 3.74. The van der Waals surface area contributed by atoms with Crippen molar-refractivity contribution in [3.63, 3.8) is 0 Å². The van der Waals surface area contributed by atoms with Gasteiger partial charge in [0.1, 0.15) is 0 Å². The van der Waals surface area contributed by atoms with Crippen molar-refractivity contribution in [1.82, 2.24) is 9.88 Å². The molecular weight excluding hydrogens is 350 g/mol. The maximum absolute atomic E-state index is 9.15. The van der Waals surface area contributed by atoms with E-state index in [4.69, 9.17) is 5.26 Å². The number of fused-ring (bicyclic) bond motifs is 2. The molecule has 2 aromatic rings. The maximum atomic E-state index is 9.15. The average molecular weight is 372 g/mol. The Hall–Kier alpha value is -1.31. The average Bonchev–Trinajstić information content (AvgIpc) is 2.84. The first kappa shape index (κ1) is 15.2. The molecule has 1 unspecified atom stereocenters. The number of H-pyrrole nitrogens is 1. The normalized spacial score (nSPS) is 27.0. The minimum atomic E-state index is 0.497. The van der Waals surface area contributed by atoms with E-state index < -0.39 is 0 Å². The number of hydrogen-bond donors (Lipinski definition) is 1. The molecule has 1 N–H and O–H groups in total. The highest BCUT2D eigenvalue weighted by molar-refractivity contribution is 9.10.